The van der Waals surface area contributed by atoms with Gasteiger partial charge in [0, 0.05) is 5.39 Å². The molecule has 2 aromatic rings. The van der Waals surface area contributed by atoms with Crippen LogP contribution in [0.3, 0.4) is 0 Å². The molecular formula is C15H14F3NO4S. The maximum atomic E-state index is 12.8. The van der Waals surface area contributed by atoms with Gasteiger partial charge in [-0.2, -0.15) is 13.2 Å². The van der Waals surface area contributed by atoms with E-state index in [0.29, 0.717) is 0 Å². The van der Waals surface area contributed by atoms with Crippen LogP contribution in [0.2, 0.25) is 0 Å². The lowest BCUT2D eigenvalue weighted by Crippen LogP contribution is -2.16. The molecule has 0 atom stereocenters. The Balaban J connectivity index is 2.77. The van der Waals surface area contributed by atoms with E-state index in [4.69, 9.17) is 4.74 Å². The predicted molar refractivity (Wildman–Crippen MR) is 80.4 cm³/mol. The molecule has 1 heterocycles. The molecule has 0 spiro atoms. The number of ether oxygens (including phenoxy) is 1. The Morgan fingerprint density at radius 2 is 1.88 bits per heavy atom. The number of fused-ring (bicyclic) bond motifs is 1. The number of aromatic nitrogens is 1. The van der Waals surface area contributed by atoms with Gasteiger partial charge in [0.2, 0.25) is 0 Å². The quantitative estimate of drug-likeness (QED) is 0.782. The van der Waals surface area contributed by atoms with Gasteiger partial charge in [0.1, 0.15) is 4.90 Å². The average molecular weight is 361 g/mol. The summed E-state index contributed by atoms with van der Waals surface area (Å²) in [4.78, 5) is 15.5. The number of hydrogen-bond acceptors (Lipinski definition) is 5. The van der Waals surface area contributed by atoms with Gasteiger partial charge in [0.15, 0.2) is 15.5 Å². The average Bonchev–Trinajstić information content (AvgIpc) is 2.52. The standard InChI is InChI=1S/C15H14F3NO4S/c1-3-23-14(20)13-12(24(21,22)4-2)7-9-5-6-10(15(16,17)18)8-11(9)19-13/h5-8H,3-4H2,1-2H3. The zero-order valence-corrected chi connectivity index (χ0v) is 13.7. The third-order valence-electron chi connectivity index (χ3n) is 3.29. The van der Waals surface area contributed by atoms with E-state index in [1.165, 1.54) is 13.8 Å². The van der Waals surface area contributed by atoms with E-state index in [-0.39, 0.29) is 28.2 Å². The summed E-state index contributed by atoms with van der Waals surface area (Å²) in [7, 11) is -3.81. The summed E-state index contributed by atoms with van der Waals surface area (Å²) >= 11 is 0. The third kappa shape index (κ3) is 3.50. The first-order valence-corrected chi connectivity index (χ1v) is 8.67. The molecule has 0 amide bonds. The SMILES string of the molecule is CCOC(=O)c1nc2cc(C(F)(F)F)ccc2cc1S(=O)(=O)CC. The van der Waals surface area contributed by atoms with Crippen molar-refractivity contribution in [2.45, 2.75) is 24.9 Å². The monoisotopic (exact) mass is 361 g/mol. The number of carbonyl (C=O) groups excluding carboxylic acids is 1. The van der Waals surface area contributed by atoms with Crippen LogP contribution in [-0.2, 0) is 20.8 Å². The second-order valence-electron chi connectivity index (χ2n) is 4.86. The van der Waals surface area contributed by atoms with Crippen LogP contribution < -0.4 is 0 Å². The number of hydrogen-bond donors (Lipinski definition) is 0. The van der Waals surface area contributed by atoms with Gasteiger partial charge in [-0.3, -0.25) is 0 Å². The van der Waals surface area contributed by atoms with E-state index in [1.54, 1.807) is 0 Å². The minimum absolute atomic E-state index is 0.0211. The highest BCUT2D eigenvalue weighted by Gasteiger charge is 2.31. The predicted octanol–water partition coefficient (Wildman–Crippen LogP) is 3.22. The Bertz CT molecular complexity index is 891. The maximum absolute atomic E-state index is 12.8. The summed E-state index contributed by atoms with van der Waals surface area (Å²) < 4.78 is 67.5. The first kappa shape index (κ1) is 18.2. The lowest BCUT2D eigenvalue weighted by molar-refractivity contribution is -0.137. The number of rotatable bonds is 4. The first-order valence-electron chi connectivity index (χ1n) is 7.02. The molecule has 0 N–H and O–H groups in total. The summed E-state index contributed by atoms with van der Waals surface area (Å²) in [6, 6.07) is 3.86. The molecule has 130 valence electrons. The second kappa shape index (κ2) is 6.39. The smallest absolute Gasteiger partial charge is 0.416 e. The molecule has 0 saturated carbocycles. The van der Waals surface area contributed by atoms with Crippen LogP contribution in [0.25, 0.3) is 10.9 Å². The molecule has 0 aliphatic heterocycles. The van der Waals surface area contributed by atoms with Crippen molar-refractivity contribution in [3.63, 3.8) is 0 Å². The molecule has 0 radical (unpaired) electrons. The molecule has 0 aliphatic rings. The van der Waals surface area contributed by atoms with Crippen LogP contribution in [0.4, 0.5) is 13.2 Å². The van der Waals surface area contributed by atoms with Gasteiger partial charge in [-0.15, -0.1) is 0 Å². The van der Waals surface area contributed by atoms with Crippen molar-refractivity contribution in [1.29, 1.82) is 0 Å². The zero-order chi connectivity index (χ0) is 18.1. The molecule has 0 fully saturated rings. The Morgan fingerprint density at radius 1 is 1.21 bits per heavy atom. The second-order valence-corrected chi connectivity index (χ2v) is 7.11. The van der Waals surface area contributed by atoms with Crippen molar-refractivity contribution >= 4 is 26.7 Å². The van der Waals surface area contributed by atoms with Gasteiger partial charge in [-0.1, -0.05) is 13.0 Å². The number of alkyl halides is 3. The number of esters is 1. The van der Waals surface area contributed by atoms with Crippen LogP contribution in [-0.4, -0.2) is 31.7 Å². The van der Waals surface area contributed by atoms with Crippen molar-refractivity contribution in [2.75, 3.05) is 12.4 Å². The van der Waals surface area contributed by atoms with Crippen molar-refractivity contribution in [2.24, 2.45) is 0 Å². The zero-order valence-electron chi connectivity index (χ0n) is 12.8. The maximum Gasteiger partial charge on any atom is 0.416 e. The van der Waals surface area contributed by atoms with E-state index in [0.717, 1.165) is 24.3 Å². The van der Waals surface area contributed by atoms with E-state index >= 15 is 0 Å². The van der Waals surface area contributed by atoms with E-state index in [2.05, 4.69) is 4.98 Å². The molecule has 0 bridgehead atoms. The normalized spacial score (nSPS) is 12.4. The van der Waals surface area contributed by atoms with Crippen molar-refractivity contribution < 1.29 is 31.1 Å². The van der Waals surface area contributed by atoms with Crippen LogP contribution in [0.1, 0.15) is 29.9 Å². The third-order valence-corrected chi connectivity index (χ3v) is 5.04. The Kier molecular flexibility index (Phi) is 4.84. The number of sulfone groups is 1. The van der Waals surface area contributed by atoms with Crippen molar-refractivity contribution in [3.05, 3.63) is 35.5 Å². The molecule has 1 aromatic heterocycles. The number of pyridine rings is 1. The first-order chi connectivity index (χ1) is 11.1. The number of halogens is 3. The van der Waals surface area contributed by atoms with Gasteiger partial charge >= 0.3 is 12.1 Å². The molecule has 2 rings (SSSR count). The molecule has 0 unspecified atom stereocenters. The number of nitrogens with zero attached hydrogens (tertiary/aromatic N) is 1. The molecule has 24 heavy (non-hydrogen) atoms. The lowest BCUT2D eigenvalue weighted by atomic mass is 10.1. The highest BCUT2D eigenvalue weighted by atomic mass is 32.2. The topological polar surface area (TPSA) is 73.3 Å². The van der Waals surface area contributed by atoms with Crippen molar-refractivity contribution in [1.82, 2.24) is 4.98 Å². The summed E-state index contributed by atoms with van der Waals surface area (Å²) in [6.45, 7) is 2.89. The fourth-order valence-electron chi connectivity index (χ4n) is 2.06. The minimum Gasteiger partial charge on any atom is -0.461 e. The summed E-state index contributed by atoms with van der Waals surface area (Å²) in [5, 5.41) is 0.183. The fourth-order valence-corrected chi connectivity index (χ4v) is 3.10. The molecular weight excluding hydrogens is 347 g/mol. The summed E-state index contributed by atoms with van der Waals surface area (Å²) in [5.74, 6) is -1.28. The Hall–Kier alpha value is -2.16. The highest BCUT2D eigenvalue weighted by molar-refractivity contribution is 7.91. The Morgan fingerprint density at radius 3 is 2.42 bits per heavy atom. The van der Waals surface area contributed by atoms with E-state index < -0.39 is 33.2 Å². The van der Waals surface area contributed by atoms with E-state index in [9.17, 15) is 26.4 Å². The molecule has 0 aliphatic carbocycles. The van der Waals surface area contributed by atoms with Gasteiger partial charge in [-0.05, 0) is 25.1 Å². The number of carbonyl (C=O) groups is 1. The van der Waals surface area contributed by atoms with Crippen LogP contribution in [0.15, 0.2) is 29.2 Å². The highest BCUT2D eigenvalue weighted by Crippen LogP contribution is 2.32. The Labute approximate surface area is 136 Å². The van der Waals surface area contributed by atoms with Gasteiger partial charge in [-0.25, -0.2) is 18.2 Å². The van der Waals surface area contributed by atoms with Gasteiger partial charge in [0.25, 0.3) is 0 Å². The molecule has 0 saturated heterocycles. The largest absolute Gasteiger partial charge is 0.461 e. The van der Waals surface area contributed by atoms with Crippen LogP contribution in [0.5, 0.6) is 0 Å². The van der Waals surface area contributed by atoms with Crippen LogP contribution >= 0.6 is 0 Å². The van der Waals surface area contributed by atoms with Crippen molar-refractivity contribution in [3.8, 4) is 0 Å². The molecule has 1 aromatic carbocycles. The lowest BCUT2D eigenvalue weighted by Gasteiger charge is -2.11. The molecule has 5 nitrogen and oxygen atoms in total. The number of benzene rings is 1. The van der Waals surface area contributed by atoms with E-state index in [1.807, 2.05) is 0 Å². The summed E-state index contributed by atoms with van der Waals surface area (Å²) in [6.07, 6.45) is -4.58. The fraction of sp³-hybridized carbons (Fsp3) is 0.333. The van der Waals surface area contributed by atoms with Crippen LogP contribution in [0, 0.1) is 0 Å². The summed E-state index contributed by atoms with van der Waals surface area (Å²) in [5.41, 5.74) is -1.59. The molecule has 9 heteroatoms. The van der Waals surface area contributed by atoms with Gasteiger partial charge < -0.3 is 4.74 Å². The minimum atomic E-state index is -4.58. The van der Waals surface area contributed by atoms with Gasteiger partial charge in [0.05, 0.1) is 23.4 Å².